The second-order valence-corrected chi connectivity index (χ2v) is 4.57. The third-order valence-electron chi connectivity index (χ3n) is 3.15. The molecule has 5 nitrogen and oxygen atoms in total. The van der Waals surface area contributed by atoms with E-state index in [0.717, 1.165) is 11.1 Å². The van der Waals surface area contributed by atoms with Gasteiger partial charge in [-0.2, -0.15) is 0 Å². The minimum absolute atomic E-state index is 0.155. The number of pyridine rings is 1. The van der Waals surface area contributed by atoms with Crippen LogP contribution in [0.5, 0.6) is 11.5 Å². The summed E-state index contributed by atoms with van der Waals surface area (Å²) in [5.41, 5.74) is 2.34. The molecule has 0 spiro atoms. The predicted molar refractivity (Wildman–Crippen MR) is 79.7 cm³/mol. The Kier molecular flexibility index (Phi) is 4.77. The van der Waals surface area contributed by atoms with Crippen LogP contribution < -0.4 is 14.8 Å². The van der Waals surface area contributed by atoms with E-state index in [4.69, 9.17) is 9.47 Å². The van der Waals surface area contributed by atoms with Crippen molar-refractivity contribution in [2.45, 2.75) is 13.5 Å². The van der Waals surface area contributed by atoms with Gasteiger partial charge < -0.3 is 14.8 Å². The number of aryl methyl sites for hydroxylation is 1. The van der Waals surface area contributed by atoms with Crippen molar-refractivity contribution in [3.05, 3.63) is 53.3 Å². The highest BCUT2D eigenvalue weighted by molar-refractivity contribution is 5.96. The summed E-state index contributed by atoms with van der Waals surface area (Å²) in [6.07, 6.45) is 3.42. The van der Waals surface area contributed by atoms with Gasteiger partial charge >= 0.3 is 0 Å². The van der Waals surface area contributed by atoms with Gasteiger partial charge in [-0.3, -0.25) is 9.78 Å². The van der Waals surface area contributed by atoms with Crippen molar-refractivity contribution in [1.82, 2.24) is 10.3 Å². The number of nitrogens with one attached hydrogen (secondary N) is 1. The molecule has 110 valence electrons. The molecule has 0 aliphatic rings. The van der Waals surface area contributed by atoms with Crippen molar-refractivity contribution in [1.29, 1.82) is 0 Å². The van der Waals surface area contributed by atoms with Crippen LogP contribution in [0, 0.1) is 6.92 Å². The van der Waals surface area contributed by atoms with E-state index in [1.165, 1.54) is 0 Å². The fraction of sp³-hybridized carbons (Fsp3) is 0.250. The number of ether oxygens (including phenoxy) is 2. The molecule has 0 fully saturated rings. The molecule has 0 aliphatic carbocycles. The Morgan fingerprint density at radius 3 is 2.57 bits per heavy atom. The van der Waals surface area contributed by atoms with Gasteiger partial charge in [0.25, 0.3) is 5.91 Å². The van der Waals surface area contributed by atoms with Crippen LogP contribution in [0.25, 0.3) is 0 Å². The number of nitrogens with zero attached hydrogens (tertiary/aromatic N) is 1. The molecule has 1 heterocycles. The fourth-order valence-corrected chi connectivity index (χ4v) is 2.01. The summed E-state index contributed by atoms with van der Waals surface area (Å²) in [5.74, 6) is 0.991. The van der Waals surface area contributed by atoms with Crippen LogP contribution in [0.15, 0.2) is 36.7 Å². The number of hydrogen-bond donors (Lipinski definition) is 1. The second kappa shape index (κ2) is 6.74. The van der Waals surface area contributed by atoms with Crippen molar-refractivity contribution < 1.29 is 14.3 Å². The van der Waals surface area contributed by atoms with Gasteiger partial charge in [0.1, 0.15) is 0 Å². The normalized spacial score (nSPS) is 10.0. The molecule has 0 saturated carbocycles. The Balaban J connectivity index is 2.15. The van der Waals surface area contributed by atoms with Gasteiger partial charge in [0.2, 0.25) is 0 Å². The molecule has 5 heteroatoms. The zero-order chi connectivity index (χ0) is 15.2. The van der Waals surface area contributed by atoms with E-state index in [9.17, 15) is 4.79 Å². The van der Waals surface area contributed by atoms with Crippen LogP contribution in [0.2, 0.25) is 0 Å². The standard InChI is InChI=1S/C16H18N2O3/c1-11-7-14(20-2)15(21-3)8-13(11)16(19)18-10-12-5-4-6-17-9-12/h4-9H,10H2,1-3H3,(H,18,19). The molecule has 0 bridgehead atoms. The van der Waals surface area contributed by atoms with E-state index >= 15 is 0 Å². The third kappa shape index (κ3) is 3.51. The minimum atomic E-state index is -0.155. The van der Waals surface area contributed by atoms with Gasteiger partial charge in [-0.05, 0) is 36.2 Å². The smallest absolute Gasteiger partial charge is 0.251 e. The van der Waals surface area contributed by atoms with E-state index in [2.05, 4.69) is 10.3 Å². The number of amides is 1. The first-order valence-corrected chi connectivity index (χ1v) is 6.55. The van der Waals surface area contributed by atoms with E-state index in [1.807, 2.05) is 19.1 Å². The van der Waals surface area contributed by atoms with Crippen molar-refractivity contribution >= 4 is 5.91 Å². The van der Waals surface area contributed by atoms with Crippen LogP contribution in [0.1, 0.15) is 21.5 Å². The van der Waals surface area contributed by atoms with Crippen LogP contribution in [-0.2, 0) is 6.54 Å². The second-order valence-electron chi connectivity index (χ2n) is 4.57. The molecule has 0 atom stereocenters. The summed E-state index contributed by atoms with van der Waals surface area (Å²) in [5, 5.41) is 2.87. The molecule has 0 unspecified atom stereocenters. The highest BCUT2D eigenvalue weighted by atomic mass is 16.5. The lowest BCUT2D eigenvalue weighted by atomic mass is 10.1. The fourth-order valence-electron chi connectivity index (χ4n) is 2.01. The molecule has 1 aromatic carbocycles. The van der Waals surface area contributed by atoms with Gasteiger partial charge in [-0.1, -0.05) is 6.07 Å². The highest BCUT2D eigenvalue weighted by Crippen LogP contribution is 2.30. The number of hydrogen-bond acceptors (Lipinski definition) is 4. The maximum atomic E-state index is 12.3. The minimum Gasteiger partial charge on any atom is -0.493 e. The van der Waals surface area contributed by atoms with Gasteiger partial charge in [0, 0.05) is 24.5 Å². The van der Waals surface area contributed by atoms with Crippen LogP contribution in [0.3, 0.4) is 0 Å². The average molecular weight is 286 g/mol. The van der Waals surface area contributed by atoms with E-state index in [1.54, 1.807) is 38.7 Å². The summed E-state index contributed by atoms with van der Waals surface area (Å²) >= 11 is 0. The quantitative estimate of drug-likeness (QED) is 0.916. The lowest BCUT2D eigenvalue weighted by Gasteiger charge is -2.12. The van der Waals surface area contributed by atoms with E-state index in [-0.39, 0.29) is 5.91 Å². The molecule has 0 saturated heterocycles. The summed E-state index contributed by atoms with van der Waals surface area (Å²) < 4.78 is 10.4. The van der Waals surface area contributed by atoms with Crippen LogP contribution in [-0.4, -0.2) is 25.1 Å². The van der Waals surface area contributed by atoms with Gasteiger partial charge in [-0.25, -0.2) is 0 Å². The van der Waals surface area contributed by atoms with Gasteiger partial charge in [-0.15, -0.1) is 0 Å². The molecule has 0 aliphatic heterocycles. The molecule has 1 amide bonds. The summed E-state index contributed by atoms with van der Waals surface area (Å²) in [7, 11) is 3.12. The van der Waals surface area contributed by atoms with Gasteiger partial charge in [0.15, 0.2) is 11.5 Å². The maximum Gasteiger partial charge on any atom is 0.251 e. The number of benzene rings is 1. The van der Waals surface area contributed by atoms with E-state index in [0.29, 0.717) is 23.6 Å². The molecular weight excluding hydrogens is 268 g/mol. The van der Waals surface area contributed by atoms with E-state index < -0.39 is 0 Å². The summed E-state index contributed by atoms with van der Waals surface area (Å²) in [4.78, 5) is 16.3. The third-order valence-corrected chi connectivity index (χ3v) is 3.15. The van der Waals surface area contributed by atoms with Crippen LogP contribution >= 0.6 is 0 Å². The average Bonchev–Trinajstić information content (AvgIpc) is 2.53. The zero-order valence-corrected chi connectivity index (χ0v) is 12.3. The molecule has 2 aromatic rings. The van der Waals surface area contributed by atoms with Crippen molar-refractivity contribution in [2.75, 3.05) is 14.2 Å². The molecule has 2 rings (SSSR count). The first kappa shape index (κ1) is 14.8. The Labute approximate surface area is 123 Å². The van der Waals surface area contributed by atoms with Crippen LogP contribution in [0.4, 0.5) is 0 Å². The molecule has 0 radical (unpaired) electrons. The summed E-state index contributed by atoms with van der Waals surface area (Å²) in [6.45, 7) is 2.29. The first-order chi connectivity index (χ1) is 10.2. The van der Waals surface area contributed by atoms with Crippen molar-refractivity contribution in [3.63, 3.8) is 0 Å². The molecule has 21 heavy (non-hydrogen) atoms. The number of aromatic nitrogens is 1. The number of rotatable bonds is 5. The lowest BCUT2D eigenvalue weighted by Crippen LogP contribution is -2.23. The molecule has 1 aromatic heterocycles. The number of carbonyl (C=O) groups is 1. The summed E-state index contributed by atoms with van der Waals surface area (Å²) in [6, 6.07) is 7.22. The Hall–Kier alpha value is -2.56. The Bertz CT molecular complexity index is 627. The largest absolute Gasteiger partial charge is 0.493 e. The Morgan fingerprint density at radius 2 is 1.95 bits per heavy atom. The van der Waals surface area contributed by atoms with Gasteiger partial charge in [0.05, 0.1) is 14.2 Å². The molecule has 1 N–H and O–H groups in total. The highest BCUT2D eigenvalue weighted by Gasteiger charge is 2.14. The van der Waals surface area contributed by atoms with Crippen molar-refractivity contribution in [2.24, 2.45) is 0 Å². The number of methoxy groups -OCH3 is 2. The topological polar surface area (TPSA) is 60.5 Å². The SMILES string of the molecule is COc1cc(C)c(C(=O)NCc2cccnc2)cc1OC. The zero-order valence-electron chi connectivity index (χ0n) is 12.3. The monoisotopic (exact) mass is 286 g/mol. The Morgan fingerprint density at radius 1 is 1.24 bits per heavy atom. The molecular formula is C16H18N2O3. The maximum absolute atomic E-state index is 12.3. The number of carbonyl (C=O) groups excluding carboxylic acids is 1. The van der Waals surface area contributed by atoms with Crippen molar-refractivity contribution in [3.8, 4) is 11.5 Å². The first-order valence-electron chi connectivity index (χ1n) is 6.55. The predicted octanol–water partition coefficient (Wildman–Crippen LogP) is 2.34. The lowest BCUT2D eigenvalue weighted by molar-refractivity contribution is 0.0950.